The lowest BCUT2D eigenvalue weighted by atomic mass is 9.90. The van der Waals surface area contributed by atoms with Crippen molar-refractivity contribution >= 4 is 45.7 Å². The van der Waals surface area contributed by atoms with Crippen molar-refractivity contribution < 1.29 is 14.3 Å². The number of carbonyl (C=O) groups is 1. The van der Waals surface area contributed by atoms with Crippen LogP contribution in [0.5, 0.6) is 11.5 Å². The van der Waals surface area contributed by atoms with Crippen LogP contribution in [-0.4, -0.2) is 35.6 Å². The highest BCUT2D eigenvalue weighted by Crippen LogP contribution is 2.40. The highest BCUT2D eigenvalue weighted by atomic mass is 35.5. The van der Waals surface area contributed by atoms with Crippen LogP contribution in [0.1, 0.15) is 43.5 Å². The quantitative estimate of drug-likeness (QED) is 0.183. The van der Waals surface area contributed by atoms with Crippen molar-refractivity contribution in [1.29, 1.82) is 0 Å². The molecular weight excluding hydrogens is 618 g/mol. The molecule has 0 N–H and O–H groups in total. The number of carbonyl (C=O) groups excluding carboxylic acids is 1. The van der Waals surface area contributed by atoms with Crippen LogP contribution in [0.15, 0.2) is 106 Å². The minimum atomic E-state index is -0.729. The van der Waals surface area contributed by atoms with Gasteiger partial charge in [0.1, 0.15) is 24.1 Å². The van der Waals surface area contributed by atoms with E-state index >= 15 is 0 Å². The monoisotopic (exact) mass is 651 g/mol. The zero-order valence-corrected chi connectivity index (χ0v) is 27.7. The van der Waals surface area contributed by atoms with Gasteiger partial charge in [-0.2, -0.15) is 0 Å². The Kier molecular flexibility index (Phi) is 9.10. The number of ether oxygens (including phenoxy) is 2. The first-order valence-electron chi connectivity index (χ1n) is 15.2. The van der Waals surface area contributed by atoms with E-state index in [1.54, 1.807) is 16.6 Å². The number of likely N-dealkylation sites (N-methyl/N-ethyl adjacent to an activating group) is 1. The first kappa shape index (κ1) is 31.3. The van der Waals surface area contributed by atoms with E-state index < -0.39 is 6.04 Å². The summed E-state index contributed by atoms with van der Waals surface area (Å²) in [6.07, 6.45) is 1.85. The first-order valence-corrected chi connectivity index (χ1v) is 16.4. The van der Waals surface area contributed by atoms with Gasteiger partial charge >= 0.3 is 0 Å². The lowest BCUT2D eigenvalue weighted by Gasteiger charge is -2.30. The van der Waals surface area contributed by atoms with Crippen LogP contribution in [0, 0.1) is 0 Å². The van der Waals surface area contributed by atoms with Crippen molar-refractivity contribution in [3.8, 4) is 11.5 Å². The third-order valence-corrected chi connectivity index (χ3v) is 9.61. The van der Waals surface area contributed by atoms with E-state index in [4.69, 9.17) is 26.1 Å². The van der Waals surface area contributed by atoms with Gasteiger partial charge in [0.25, 0.3) is 11.5 Å². The summed E-state index contributed by atoms with van der Waals surface area (Å²) in [4.78, 5) is 35.6. The lowest BCUT2D eigenvalue weighted by Crippen LogP contribution is -2.43. The molecule has 0 fully saturated rings. The normalized spacial score (nSPS) is 14.6. The molecule has 6 rings (SSSR count). The summed E-state index contributed by atoms with van der Waals surface area (Å²) >= 11 is 7.58. The number of methoxy groups -OCH3 is 1. The van der Waals surface area contributed by atoms with Crippen LogP contribution < -0.4 is 24.4 Å². The van der Waals surface area contributed by atoms with Crippen molar-refractivity contribution in [2.75, 3.05) is 20.2 Å². The molecule has 1 aromatic heterocycles. The predicted octanol–water partition coefficient (Wildman–Crippen LogP) is 6.50. The molecule has 2 heterocycles. The smallest absolute Gasteiger partial charge is 0.271 e. The van der Waals surface area contributed by atoms with E-state index in [2.05, 4.69) is 0 Å². The molecule has 1 aliphatic rings. The zero-order chi connectivity index (χ0) is 32.4. The molecule has 1 atom stereocenters. The van der Waals surface area contributed by atoms with Gasteiger partial charge in [-0.15, -0.1) is 0 Å². The molecule has 0 saturated heterocycles. The first-order chi connectivity index (χ1) is 22.3. The summed E-state index contributed by atoms with van der Waals surface area (Å²) in [5.74, 6) is 1.15. The molecule has 0 spiro atoms. The molecule has 234 valence electrons. The number of aromatic nitrogens is 1. The maximum Gasteiger partial charge on any atom is 0.271 e. The van der Waals surface area contributed by atoms with E-state index in [1.807, 2.05) is 112 Å². The van der Waals surface area contributed by atoms with Gasteiger partial charge in [0.2, 0.25) is 0 Å². The fourth-order valence-electron chi connectivity index (χ4n) is 5.87. The maximum atomic E-state index is 14.3. The van der Waals surface area contributed by atoms with Crippen LogP contribution in [0.2, 0.25) is 5.02 Å². The molecule has 0 bridgehead atoms. The van der Waals surface area contributed by atoms with Crippen LogP contribution in [-0.2, 0) is 11.4 Å². The molecule has 0 aliphatic carbocycles. The molecule has 9 heteroatoms. The maximum absolute atomic E-state index is 14.3. The van der Waals surface area contributed by atoms with Gasteiger partial charge in [-0.1, -0.05) is 83.6 Å². The minimum absolute atomic E-state index is 0.145. The van der Waals surface area contributed by atoms with Gasteiger partial charge in [-0.3, -0.25) is 14.2 Å². The number of hydrogen-bond acceptors (Lipinski definition) is 6. The predicted molar refractivity (Wildman–Crippen MR) is 184 cm³/mol. The molecule has 4 aromatic carbocycles. The molecular formula is C37H34ClN3O4S. The summed E-state index contributed by atoms with van der Waals surface area (Å²) in [6.45, 7) is 7.17. The number of benzene rings is 4. The second-order valence-corrected chi connectivity index (χ2v) is 12.3. The molecule has 46 heavy (non-hydrogen) atoms. The Morgan fingerprint density at radius 2 is 1.72 bits per heavy atom. The van der Waals surface area contributed by atoms with E-state index in [0.717, 1.165) is 27.5 Å². The summed E-state index contributed by atoms with van der Waals surface area (Å²) in [7, 11) is 1.61. The van der Waals surface area contributed by atoms with Gasteiger partial charge in [0, 0.05) is 29.2 Å². The average molecular weight is 652 g/mol. The van der Waals surface area contributed by atoms with Crippen molar-refractivity contribution in [2.24, 2.45) is 4.99 Å². The van der Waals surface area contributed by atoms with Gasteiger partial charge < -0.3 is 14.4 Å². The SMILES string of the molecule is CCN(CC)C(=O)C1=C(C)N=c2s/c(=C/c3ccc(OCc4ccccc4Cl)cc3)c(=O)n2[C@@H]1c1c(OC)ccc2ccccc12. The van der Waals surface area contributed by atoms with E-state index in [1.165, 1.54) is 11.3 Å². The van der Waals surface area contributed by atoms with Crippen molar-refractivity contribution in [3.05, 3.63) is 138 Å². The van der Waals surface area contributed by atoms with Crippen molar-refractivity contribution in [1.82, 2.24) is 9.47 Å². The van der Waals surface area contributed by atoms with Crippen LogP contribution >= 0.6 is 22.9 Å². The summed E-state index contributed by atoms with van der Waals surface area (Å²) in [6, 6.07) is 26.3. The zero-order valence-electron chi connectivity index (χ0n) is 26.1. The lowest BCUT2D eigenvalue weighted by molar-refractivity contribution is -0.127. The highest BCUT2D eigenvalue weighted by molar-refractivity contribution is 7.07. The topological polar surface area (TPSA) is 73.1 Å². The minimum Gasteiger partial charge on any atom is -0.496 e. The van der Waals surface area contributed by atoms with Gasteiger partial charge in [-0.25, -0.2) is 4.99 Å². The van der Waals surface area contributed by atoms with Crippen LogP contribution in [0.4, 0.5) is 0 Å². The van der Waals surface area contributed by atoms with Crippen molar-refractivity contribution in [3.63, 3.8) is 0 Å². The second-order valence-electron chi connectivity index (χ2n) is 10.9. The number of hydrogen-bond donors (Lipinski definition) is 0. The third kappa shape index (κ3) is 5.86. The summed E-state index contributed by atoms with van der Waals surface area (Å²) in [5, 5.41) is 2.56. The van der Waals surface area contributed by atoms with Crippen molar-refractivity contribution in [2.45, 2.75) is 33.4 Å². The van der Waals surface area contributed by atoms with Crippen LogP contribution in [0.3, 0.4) is 0 Å². The second kappa shape index (κ2) is 13.4. The van der Waals surface area contributed by atoms with Gasteiger partial charge in [0.15, 0.2) is 4.80 Å². The van der Waals surface area contributed by atoms with Gasteiger partial charge in [-0.05, 0) is 67.4 Å². The number of fused-ring (bicyclic) bond motifs is 2. The summed E-state index contributed by atoms with van der Waals surface area (Å²) in [5.41, 5.74) is 3.34. The van der Waals surface area contributed by atoms with Gasteiger partial charge in [0.05, 0.1) is 22.9 Å². The number of halogens is 1. The Hall–Kier alpha value is -4.66. The number of nitrogens with zero attached hydrogens (tertiary/aromatic N) is 3. The fraction of sp³-hybridized carbons (Fsp3) is 0.216. The average Bonchev–Trinajstić information content (AvgIpc) is 3.37. The Morgan fingerprint density at radius 1 is 1.00 bits per heavy atom. The van der Waals surface area contributed by atoms with E-state index in [9.17, 15) is 9.59 Å². The summed E-state index contributed by atoms with van der Waals surface area (Å²) < 4.78 is 14.0. The molecule has 5 aromatic rings. The fourth-order valence-corrected chi connectivity index (χ4v) is 7.11. The number of thiazole rings is 1. The number of amides is 1. The number of allylic oxidation sites excluding steroid dienone is 1. The molecule has 1 amide bonds. The Morgan fingerprint density at radius 3 is 2.43 bits per heavy atom. The molecule has 0 unspecified atom stereocenters. The molecule has 0 radical (unpaired) electrons. The van der Waals surface area contributed by atoms with Crippen LogP contribution in [0.25, 0.3) is 16.8 Å². The Balaban J connectivity index is 1.46. The molecule has 7 nitrogen and oxygen atoms in total. The molecule has 0 saturated carbocycles. The Labute approximate surface area is 276 Å². The number of rotatable bonds is 9. The molecule has 1 aliphatic heterocycles. The third-order valence-electron chi connectivity index (χ3n) is 8.26. The largest absolute Gasteiger partial charge is 0.496 e. The Bertz CT molecular complexity index is 2150. The highest BCUT2D eigenvalue weighted by Gasteiger charge is 2.36. The van der Waals surface area contributed by atoms with E-state index in [0.29, 0.717) is 56.8 Å². The standard InChI is InChI=1S/C37H34ClN3O4S/c1-5-40(6-2)36(43)32-23(3)39-37-41(34(32)33-28-13-9-7-11-25(28)17-20-30(33)44-4)35(42)31(46-37)21-24-15-18-27(19-16-24)45-22-26-12-8-10-14-29(26)38/h7-21,34H,5-6,22H2,1-4H3/b31-21+/t34-/m0/s1. The van der Waals surface area contributed by atoms with E-state index in [-0.39, 0.29) is 11.5 Å².